The molecule has 3 rings (SSSR count). The third-order valence-electron chi connectivity index (χ3n) is 5.90. The van der Waals surface area contributed by atoms with E-state index in [2.05, 4.69) is 39.0 Å². The number of hydrogen-bond acceptors (Lipinski definition) is 6. The SMILES string of the molecule is CCC(C)N1CCC[C@@H](Nc2cc(C)c(-c3ccc(C(F)(F)F)cc3NS(C)(=O)=O)nn2)C1. The number of nitrogens with one attached hydrogen (secondary N) is 2. The number of piperidine rings is 1. The fourth-order valence-corrected chi connectivity index (χ4v) is 4.59. The number of hydrogen-bond donors (Lipinski definition) is 2. The van der Waals surface area contributed by atoms with Crippen LogP contribution in [0.2, 0.25) is 0 Å². The molecule has 182 valence electrons. The second kappa shape index (κ2) is 9.84. The van der Waals surface area contributed by atoms with E-state index in [9.17, 15) is 21.6 Å². The number of sulfonamides is 1. The standard InChI is InChI=1S/C22H30F3N5O2S/c1-5-15(3)30-10-6-7-17(13-30)26-20-11-14(2)21(28-27-20)18-9-8-16(22(23,24)25)12-19(18)29-33(4,31)32/h8-9,11-12,15,17,29H,5-7,10,13H2,1-4H3,(H,26,27)/t15?,17-/m1/s1. The van der Waals surface area contributed by atoms with Gasteiger partial charge >= 0.3 is 6.18 Å². The molecule has 0 saturated carbocycles. The normalized spacial score (nSPS) is 18.7. The minimum absolute atomic E-state index is 0.193. The third kappa shape index (κ3) is 6.57. The quantitative estimate of drug-likeness (QED) is 0.600. The molecule has 0 aliphatic carbocycles. The van der Waals surface area contributed by atoms with Gasteiger partial charge in [-0.15, -0.1) is 10.2 Å². The summed E-state index contributed by atoms with van der Waals surface area (Å²) in [4.78, 5) is 2.45. The molecular weight excluding hydrogens is 455 g/mol. The number of aryl methyl sites for hydroxylation is 1. The van der Waals surface area contributed by atoms with Crippen LogP contribution in [-0.2, 0) is 16.2 Å². The summed E-state index contributed by atoms with van der Waals surface area (Å²) >= 11 is 0. The molecule has 0 bridgehead atoms. The molecule has 1 unspecified atom stereocenters. The average molecular weight is 486 g/mol. The minimum Gasteiger partial charge on any atom is -0.365 e. The summed E-state index contributed by atoms with van der Waals surface area (Å²) in [6.45, 7) is 8.12. The maximum atomic E-state index is 13.2. The Hall–Kier alpha value is -2.40. The maximum absolute atomic E-state index is 13.2. The number of benzene rings is 1. The molecule has 0 radical (unpaired) electrons. The zero-order valence-corrected chi connectivity index (χ0v) is 20.0. The van der Waals surface area contributed by atoms with E-state index in [0.29, 0.717) is 23.1 Å². The van der Waals surface area contributed by atoms with Crippen molar-refractivity contribution in [2.75, 3.05) is 29.4 Å². The number of alkyl halides is 3. The molecule has 1 aromatic carbocycles. The molecule has 0 amide bonds. The number of rotatable bonds is 7. The van der Waals surface area contributed by atoms with Crippen LogP contribution in [0, 0.1) is 6.92 Å². The second-order valence-corrected chi connectivity index (χ2v) is 10.4. The van der Waals surface area contributed by atoms with E-state index in [1.54, 1.807) is 13.0 Å². The van der Waals surface area contributed by atoms with Crippen LogP contribution in [0.1, 0.15) is 44.2 Å². The Kier molecular flexibility index (Phi) is 7.52. The largest absolute Gasteiger partial charge is 0.416 e. The first-order valence-electron chi connectivity index (χ1n) is 10.9. The van der Waals surface area contributed by atoms with Crippen molar-refractivity contribution < 1.29 is 21.6 Å². The van der Waals surface area contributed by atoms with E-state index in [0.717, 1.165) is 50.7 Å². The fraction of sp³-hybridized carbons (Fsp3) is 0.545. The first-order chi connectivity index (χ1) is 15.4. The fourth-order valence-electron chi connectivity index (χ4n) is 4.03. The van der Waals surface area contributed by atoms with Gasteiger partial charge < -0.3 is 5.32 Å². The van der Waals surface area contributed by atoms with Gasteiger partial charge in [-0.1, -0.05) is 13.0 Å². The van der Waals surface area contributed by atoms with Gasteiger partial charge in [0.25, 0.3) is 0 Å². The van der Waals surface area contributed by atoms with Crippen LogP contribution in [0.25, 0.3) is 11.3 Å². The van der Waals surface area contributed by atoms with Gasteiger partial charge in [0.2, 0.25) is 10.0 Å². The average Bonchev–Trinajstić information content (AvgIpc) is 2.72. The zero-order chi connectivity index (χ0) is 24.4. The lowest BCUT2D eigenvalue weighted by Gasteiger charge is -2.37. The molecule has 1 aliphatic rings. The van der Waals surface area contributed by atoms with Gasteiger partial charge in [0.05, 0.1) is 23.2 Å². The number of anilines is 2. The van der Waals surface area contributed by atoms with Gasteiger partial charge in [-0.25, -0.2) is 8.42 Å². The second-order valence-electron chi connectivity index (χ2n) is 8.63. The third-order valence-corrected chi connectivity index (χ3v) is 6.49. The smallest absolute Gasteiger partial charge is 0.365 e. The molecule has 33 heavy (non-hydrogen) atoms. The van der Waals surface area contributed by atoms with Gasteiger partial charge in [-0.05, 0) is 63.4 Å². The van der Waals surface area contributed by atoms with Gasteiger partial charge in [-0.2, -0.15) is 13.2 Å². The molecule has 1 aromatic heterocycles. The Bertz CT molecular complexity index is 1090. The molecule has 2 aromatic rings. The number of likely N-dealkylation sites (tertiary alicyclic amines) is 1. The van der Waals surface area contributed by atoms with E-state index in [1.807, 2.05) is 0 Å². The van der Waals surface area contributed by atoms with Gasteiger partial charge in [-0.3, -0.25) is 9.62 Å². The van der Waals surface area contributed by atoms with Crippen LogP contribution in [0.15, 0.2) is 24.3 Å². The molecule has 11 heteroatoms. The summed E-state index contributed by atoms with van der Waals surface area (Å²) in [5.41, 5.74) is 0.0562. The van der Waals surface area contributed by atoms with Crippen LogP contribution in [0.4, 0.5) is 24.7 Å². The van der Waals surface area contributed by atoms with Crippen molar-refractivity contribution >= 4 is 21.5 Å². The summed E-state index contributed by atoms with van der Waals surface area (Å²) in [6, 6.07) is 5.40. The monoisotopic (exact) mass is 485 g/mol. The van der Waals surface area contributed by atoms with Gasteiger partial charge in [0.15, 0.2) is 0 Å². The summed E-state index contributed by atoms with van der Waals surface area (Å²) in [6.07, 6.45) is -0.549. The minimum atomic E-state index is -4.61. The Morgan fingerprint density at radius 2 is 1.97 bits per heavy atom. The van der Waals surface area contributed by atoms with Crippen molar-refractivity contribution in [1.82, 2.24) is 15.1 Å². The summed E-state index contributed by atoms with van der Waals surface area (Å²) < 4.78 is 65.2. The Balaban J connectivity index is 1.87. The predicted molar refractivity (Wildman–Crippen MR) is 124 cm³/mol. The maximum Gasteiger partial charge on any atom is 0.416 e. The Morgan fingerprint density at radius 3 is 2.58 bits per heavy atom. The summed E-state index contributed by atoms with van der Waals surface area (Å²) in [5.74, 6) is 0.580. The van der Waals surface area contributed by atoms with Crippen molar-refractivity contribution in [2.24, 2.45) is 0 Å². The lowest BCUT2D eigenvalue weighted by Crippen LogP contribution is -2.46. The van der Waals surface area contributed by atoms with E-state index in [-0.39, 0.29) is 17.3 Å². The highest BCUT2D eigenvalue weighted by Crippen LogP contribution is 2.36. The van der Waals surface area contributed by atoms with Crippen molar-refractivity contribution in [2.45, 2.75) is 58.3 Å². The molecule has 7 nitrogen and oxygen atoms in total. The summed E-state index contributed by atoms with van der Waals surface area (Å²) in [7, 11) is -3.81. The van der Waals surface area contributed by atoms with Gasteiger partial charge in [0, 0.05) is 24.2 Å². The van der Waals surface area contributed by atoms with E-state index in [1.165, 1.54) is 6.07 Å². The molecule has 2 heterocycles. The van der Waals surface area contributed by atoms with E-state index < -0.39 is 21.8 Å². The molecule has 1 aliphatic heterocycles. The molecule has 0 spiro atoms. The van der Waals surface area contributed by atoms with Crippen molar-refractivity contribution in [3.8, 4) is 11.3 Å². The number of halogens is 3. The van der Waals surface area contributed by atoms with Crippen LogP contribution in [-0.4, -0.2) is 54.9 Å². The molecule has 1 saturated heterocycles. The zero-order valence-electron chi connectivity index (χ0n) is 19.2. The van der Waals surface area contributed by atoms with E-state index in [4.69, 9.17) is 0 Å². The summed E-state index contributed by atoms with van der Waals surface area (Å²) in [5, 5.41) is 11.9. The molecular formula is C22H30F3N5O2S. The Morgan fingerprint density at radius 1 is 1.24 bits per heavy atom. The Labute approximate surface area is 192 Å². The highest BCUT2D eigenvalue weighted by atomic mass is 32.2. The predicted octanol–water partition coefficient (Wildman–Crippen LogP) is 4.52. The first kappa shape index (κ1) is 25.2. The highest BCUT2D eigenvalue weighted by molar-refractivity contribution is 7.92. The lowest BCUT2D eigenvalue weighted by atomic mass is 10.0. The highest BCUT2D eigenvalue weighted by Gasteiger charge is 2.32. The van der Waals surface area contributed by atoms with E-state index >= 15 is 0 Å². The van der Waals surface area contributed by atoms with Crippen LogP contribution in [0.3, 0.4) is 0 Å². The molecule has 2 N–H and O–H groups in total. The number of aromatic nitrogens is 2. The van der Waals surface area contributed by atoms with Crippen LogP contribution < -0.4 is 10.0 Å². The van der Waals surface area contributed by atoms with Gasteiger partial charge in [0.1, 0.15) is 5.82 Å². The van der Waals surface area contributed by atoms with Crippen molar-refractivity contribution in [1.29, 1.82) is 0 Å². The molecule has 2 atom stereocenters. The molecule has 1 fully saturated rings. The lowest BCUT2D eigenvalue weighted by molar-refractivity contribution is -0.137. The van der Waals surface area contributed by atoms with Crippen molar-refractivity contribution in [3.63, 3.8) is 0 Å². The number of nitrogens with zero attached hydrogens (tertiary/aromatic N) is 3. The first-order valence-corrected chi connectivity index (χ1v) is 12.8. The van der Waals surface area contributed by atoms with Crippen LogP contribution in [0.5, 0.6) is 0 Å². The van der Waals surface area contributed by atoms with Crippen LogP contribution >= 0.6 is 0 Å². The topological polar surface area (TPSA) is 87.2 Å². The van der Waals surface area contributed by atoms with Crippen molar-refractivity contribution in [3.05, 3.63) is 35.4 Å².